The van der Waals surface area contributed by atoms with Gasteiger partial charge in [0.2, 0.25) is 0 Å². The molecule has 8 nitrogen and oxygen atoms in total. The first-order chi connectivity index (χ1) is 17.5. The fraction of sp³-hybridized carbons (Fsp3) is 0.214. The summed E-state index contributed by atoms with van der Waals surface area (Å²) < 4.78 is 17.0. The Labute approximate surface area is 209 Å². The Balaban J connectivity index is 1.25. The van der Waals surface area contributed by atoms with Crippen LogP contribution in [0.2, 0.25) is 0 Å². The van der Waals surface area contributed by atoms with Gasteiger partial charge in [-0.05, 0) is 61.4 Å². The highest BCUT2D eigenvalue weighted by Gasteiger charge is 2.14. The molecule has 3 aromatic carbocycles. The highest BCUT2D eigenvalue weighted by Crippen LogP contribution is 2.24. The van der Waals surface area contributed by atoms with Crippen LogP contribution in [0.1, 0.15) is 33.4 Å². The maximum absolute atomic E-state index is 12.6. The van der Waals surface area contributed by atoms with Gasteiger partial charge in [0.15, 0.2) is 5.76 Å². The first kappa shape index (κ1) is 24.8. The molecule has 4 N–H and O–H groups in total. The number of hydrogen-bond donors (Lipinski definition) is 3. The minimum Gasteiger partial charge on any atom is -0.492 e. The molecular weight excluding hydrogens is 458 g/mol. The molecule has 4 aromatic rings. The lowest BCUT2D eigenvalue weighted by atomic mass is 10.1. The Bertz CT molecular complexity index is 1330. The number of nitrogen functional groups attached to an aromatic ring is 1. The number of rotatable bonds is 11. The zero-order chi connectivity index (χ0) is 25.3. The van der Waals surface area contributed by atoms with Crippen molar-refractivity contribution < 1.29 is 23.5 Å². The molecule has 8 heteroatoms. The quantitative estimate of drug-likeness (QED) is 0.209. The van der Waals surface area contributed by atoms with E-state index in [-0.39, 0.29) is 24.2 Å². The van der Waals surface area contributed by atoms with Gasteiger partial charge in [0.25, 0.3) is 11.8 Å². The van der Waals surface area contributed by atoms with Crippen LogP contribution >= 0.6 is 0 Å². The van der Waals surface area contributed by atoms with E-state index in [1.54, 1.807) is 54.6 Å². The van der Waals surface area contributed by atoms with Gasteiger partial charge in [0, 0.05) is 17.6 Å². The third kappa shape index (κ3) is 6.22. The lowest BCUT2D eigenvalue weighted by Crippen LogP contribution is -2.27. The Morgan fingerprint density at radius 1 is 0.944 bits per heavy atom. The second kappa shape index (κ2) is 11.9. The largest absolute Gasteiger partial charge is 0.492 e. The van der Waals surface area contributed by atoms with Gasteiger partial charge in [-0.15, -0.1) is 0 Å². The molecule has 2 amide bonds. The van der Waals surface area contributed by atoms with Gasteiger partial charge < -0.3 is 30.3 Å². The summed E-state index contributed by atoms with van der Waals surface area (Å²) in [6, 6.07) is 21.4. The van der Waals surface area contributed by atoms with Gasteiger partial charge in [-0.1, -0.05) is 30.3 Å². The third-order valence-electron chi connectivity index (χ3n) is 5.55. The van der Waals surface area contributed by atoms with Crippen LogP contribution in [0.5, 0.6) is 5.75 Å². The van der Waals surface area contributed by atoms with E-state index in [0.29, 0.717) is 54.5 Å². The molecule has 1 heterocycles. The highest BCUT2D eigenvalue weighted by molar-refractivity contribution is 6.05. The van der Waals surface area contributed by atoms with Crippen molar-refractivity contribution in [3.8, 4) is 5.75 Å². The van der Waals surface area contributed by atoms with Crippen molar-refractivity contribution in [3.05, 3.63) is 89.7 Å². The van der Waals surface area contributed by atoms with E-state index >= 15 is 0 Å². The van der Waals surface area contributed by atoms with Crippen molar-refractivity contribution in [1.82, 2.24) is 5.32 Å². The number of fused-ring (bicyclic) bond motifs is 1. The standard InChI is InChI=1S/C28H29N3O5/c1-2-34-16-14-19-6-5-7-21-18-25(36-26(19)21)28(33)30-15-17-35-22-12-10-20(11-13-22)27(32)31-24-9-4-3-8-23(24)29/h3-13,18H,2,14-17,29H2,1H3,(H,30,33)(H,31,32). The van der Waals surface area contributed by atoms with Crippen LogP contribution in [-0.2, 0) is 11.2 Å². The number of anilines is 2. The van der Waals surface area contributed by atoms with E-state index in [9.17, 15) is 9.59 Å². The number of nitrogens with one attached hydrogen (secondary N) is 2. The van der Waals surface area contributed by atoms with Crippen molar-refractivity contribution in [1.29, 1.82) is 0 Å². The van der Waals surface area contributed by atoms with Crippen LogP contribution in [0, 0.1) is 0 Å². The van der Waals surface area contributed by atoms with Gasteiger partial charge in [0.1, 0.15) is 17.9 Å². The van der Waals surface area contributed by atoms with Crippen molar-refractivity contribution >= 4 is 34.2 Å². The van der Waals surface area contributed by atoms with Crippen LogP contribution in [0.4, 0.5) is 11.4 Å². The average molecular weight is 488 g/mol. The monoisotopic (exact) mass is 487 g/mol. The van der Waals surface area contributed by atoms with Crippen LogP contribution in [-0.4, -0.2) is 38.2 Å². The molecule has 0 fully saturated rings. The fourth-order valence-corrected chi connectivity index (χ4v) is 3.69. The van der Waals surface area contributed by atoms with Gasteiger partial charge >= 0.3 is 0 Å². The minimum absolute atomic E-state index is 0.253. The number of benzene rings is 3. The summed E-state index contributed by atoms with van der Waals surface area (Å²) in [5.74, 6) is 0.266. The minimum atomic E-state index is -0.308. The zero-order valence-electron chi connectivity index (χ0n) is 20.1. The molecule has 0 unspecified atom stereocenters. The molecule has 4 rings (SSSR count). The number of hydrogen-bond acceptors (Lipinski definition) is 6. The number of ether oxygens (including phenoxy) is 2. The van der Waals surface area contributed by atoms with Crippen LogP contribution in [0.3, 0.4) is 0 Å². The summed E-state index contributed by atoms with van der Waals surface area (Å²) in [5, 5.41) is 6.47. The van der Waals surface area contributed by atoms with E-state index in [1.807, 2.05) is 25.1 Å². The maximum atomic E-state index is 12.6. The normalized spacial score (nSPS) is 10.8. The van der Waals surface area contributed by atoms with Crippen molar-refractivity contribution in [3.63, 3.8) is 0 Å². The van der Waals surface area contributed by atoms with Crippen LogP contribution < -0.4 is 21.1 Å². The first-order valence-electron chi connectivity index (χ1n) is 11.8. The van der Waals surface area contributed by atoms with Gasteiger partial charge in [-0.25, -0.2) is 0 Å². The van der Waals surface area contributed by atoms with Gasteiger partial charge in [-0.3, -0.25) is 9.59 Å². The molecule has 0 radical (unpaired) electrons. The average Bonchev–Trinajstić information content (AvgIpc) is 3.34. The van der Waals surface area contributed by atoms with E-state index < -0.39 is 0 Å². The lowest BCUT2D eigenvalue weighted by molar-refractivity contribution is 0.0920. The Kier molecular flexibility index (Phi) is 8.20. The number of amides is 2. The van der Waals surface area contributed by atoms with E-state index in [0.717, 1.165) is 10.9 Å². The number of para-hydroxylation sites is 3. The van der Waals surface area contributed by atoms with Gasteiger partial charge in [-0.2, -0.15) is 0 Å². The summed E-state index contributed by atoms with van der Waals surface area (Å²) in [6.07, 6.45) is 0.717. The van der Waals surface area contributed by atoms with Gasteiger partial charge in [0.05, 0.1) is 24.5 Å². The SMILES string of the molecule is CCOCCc1cccc2cc(C(=O)NCCOc3ccc(C(=O)Nc4ccccc4N)cc3)oc12. The summed E-state index contributed by atoms with van der Waals surface area (Å²) in [6.45, 7) is 3.77. The molecule has 36 heavy (non-hydrogen) atoms. The topological polar surface area (TPSA) is 116 Å². The number of carbonyl (C=O) groups is 2. The predicted octanol–water partition coefficient (Wildman–Crippen LogP) is 4.66. The zero-order valence-corrected chi connectivity index (χ0v) is 20.1. The van der Waals surface area contributed by atoms with Crippen LogP contribution in [0.25, 0.3) is 11.0 Å². The molecular formula is C28H29N3O5. The van der Waals surface area contributed by atoms with E-state index in [2.05, 4.69) is 10.6 Å². The number of carbonyl (C=O) groups excluding carboxylic acids is 2. The molecule has 0 aliphatic carbocycles. The molecule has 0 spiro atoms. The molecule has 0 saturated heterocycles. The summed E-state index contributed by atoms with van der Waals surface area (Å²) in [7, 11) is 0. The first-order valence-corrected chi connectivity index (χ1v) is 11.8. The molecule has 1 aromatic heterocycles. The third-order valence-corrected chi connectivity index (χ3v) is 5.55. The molecule has 0 bridgehead atoms. The predicted molar refractivity (Wildman–Crippen MR) is 139 cm³/mol. The smallest absolute Gasteiger partial charge is 0.287 e. The van der Waals surface area contributed by atoms with Crippen molar-refractivity contribution in [2.75, 3.05) is 37.4 Å². The lowest BCUT2D eigenvalue weighted by Gasteiger charge is -2.09. The van der Waals surface area contributed by atoms with Crippen LogP contribution in [0.15, 0.2) is 77.2 Å². The number of furan rings is 1. The molecule has 0 aliphatic heterocycles. The highest BCUT2D eigenvalue weighted by atomic mass is 16.5. The molecule has 0 aliphatic rings. The summed E-state index contributed by atoms with van der Waals surface area (Å²) in [5.41, 5.74) is 9.12. The van der Waals surface area contributed by atoms with E-state index in [4.69, 9.17) is 19.6 Å². The number of nitrogens with two attached hydrogens (primary N) is 1. The Hall–Kier alpha value is -4.30. The molecule has 0 saturated carbocycles. The summed E-state index contributed by atoms with van der Waals surface area (Å²) in [4.78, 5) is 25.0. The molecule has 186 valence electrons. The van der Waals surface area contributed by atoms with E-state index in [1.165, 1.54) is 0 Å². The summed E-state index contributed by atoms with van der Waals surface area (Å²) >= 11 is 0. The second-order valence-corrected chi connectivity index (χ2v) is 8.06. The Morgan fingerprint density at radius 3 is 2.53 bits per heavy atom. The van der Waals surface area contributed by atoms with Crippen molar-refractivity contribution in [2.24, 2.45) is 0 Å². The van der Waals surface area contributed by atoms with Crippen molar-refractivity contribution in [2.45, 2.75) is 13.3 Å². The second-order valence-electron chi connectivity index (χ2n) is 8.06. The maximum Gasteiger partial charge on any atom is 0.287 e. The Morgan fingerprint density at radius 2 is 1.75 bits per heavy atom. The fourth-order valence-electron chi connectivity index (χ4n) is 3.69. The molecule has 0 atom stereocenters.